The zero-order valence-electron chi connectivity index (χ0n) is 19.2. The fourth-order valence-electron chi connectivity index (χ4n) is 4.39. The number of carbonyl (C=O) groups excluding carboxylic acids is 3. The lowest BCUT2D eigenvalue weighted by atomic mass is 9.94. The van der Waals surface area contributed by atoms with Crippen molar-refractivity contribution in [2.24, 2.45) is 5.92 Å². The molecule has 2 aliphatic heterocycles. The summed E-state index contributed by atoms with van der Waals surface area (Å²) in [5, 5.41) is 2.82. The van der Waals surface area contributed by atoms with Gasteiger partial charge in [-0.3, -0.25) is 14.4 Å². The summed E-state index contributed by atoms with van der Waals surface area (Å²) in [5.74, 6) is -0.429. The first-order valence-electron chi connectivity index (χ1n) is 11.3. The van der Waals surface area contributed by atoms with Crippen LogP contribution in [0.3, 0.4) is 0 Å². The molecule has 0 spiro atoms. The molecule has 6 nitrogen and oxygen atoms in total. The van der Waals surface area contributed by atoms with Crippen molar-refractivity contribution in [2.75, 3.05) is 23.3 Å². The van der Waals surface area contributed by atoms with Crippen LogP contribution in [0.4, 0.5) is 11.4 Å². The van der Waals surface area contributed by atoms with Gasteiger partial charge in [-0.05, 0) is 68.0 Å². The van der Waals surface area contributed by atoms with Gasteiger partial charge in [0.05, 0.1) is 5.69 Å². The molecule has 1 N–H and O–H groups in total. The van der Waals surface area contributed by atoms with Gasteiger partial charge in [0.2, 0.25) is 0 Å². The van der Waals surface area contributed by atoms with Crippen LogP contribution in [0.25, 0.3) is 0 Å². The number of nitrogens with one attached hydrogen (secondary N) is 1. The number of hydrogen-bond donors (Lipinski definition) is 1. The molecule has 33 heavy (non-hydrogen) atoms. The fourth-order valence-corrected chi connectivity index (χ4v) is 4.60. The normalized spacial score (nSPS) is 17.2. The molecule has 3 amide bonds. The second-order valence-electron chi connectivity index (χ2n) is 8.77. The molecule has 0 bridgehead atoms. The van der Waals surface area contributed by atoms with Crippen LogP contribution in [0.15, 0.2) is 53.2 Å². The summed E-state index contributed by atoms with van der Waals surface area (Å²) in [4.78, 5) is 42.0. The van der Waals surface area contributed by atoms with Crippen LogP contribution in [0.2, 0.25) is 0 Å². The highest BCUT2D eigenvalue weighted by Crippen LogP contribution is 2.32. The number of nitrogens with zero attached hydrogens (tertiary/aromatic N) is 2. The van der Waals surface area contributed by atoms with Gasteiger partial charge >= 0.3 is 0 Å². The van der Waals surface area contributed by atoms with Gasteiger partial charge in [0.1, 0.15) is 10.7 Å². The van der Waals surface area contributed by atoms with Gasteiger partial charge in [0.15, 0.2) is 0 Å². The van der Waals surface area contributed by atoms with Gasteiger partial charge in [-0.2, -0.15) is 0 Å². The molecular formula is C26H28ClN3O3. The maximum atomic E-state index is 13.1. The third-order valence-corrected chi connectivity index (χ3v) is 6.84. The van der Waals surface area contributed by atoms with E-state index in [2.05, 4.69) is 12.2 Å². The Bertz CT molecular complexity index is 1150. The quantitative estimate of drug-likeness (QED) is 0.631. The summed E-state index contributed by atoms with van der Waals surface area (Å²) in [6, 6.07) is 12.5. The first kappa shape index (κ1) is 23.1. The van der Waals surface area contributed by atoms with Crippen LogP contribution >= 0.6 is 11.6 Å². The summed E-state index contributed by atoms with van der Waals surface area (Å²) in [5.41, 5.74) is 3.32. The third kappa shape index (κ3) is 4.53. The Labute approximate surface area is 199 Å². The number of imide groups is 1. The minimum atomic E-state index is -0.566. The van der Waals surface area contributed by atoms with E-state index in [9.17, 15) is 14.4 Å². The van der Waals surface area contributed by atoms with E-state index in [4.69, 9.17) is 11.6 Å². The average Bonchev–Trinajstić information content (AvgIpc) is 3.03. The molecule has 4 rings (SSSR count). The number of hydrogen-bond acceptors (Lipinski definition) is 4. The number of anilines is 2. The molecule has 2 aromatic carbocycles. The Morgan fingerprint density at radius 1 is 1.06 bits per heavy atom. The SMILES string of the molecule is CCC1CCN(C(=O)c2cccc(NC3=C(Cl)C(=O)N(c4cc(C)ccc4C)C3=O)c2)CC1. The number of carbonyl (C=O) groups is 3. The van der Waals surface area contributed by atoms with E-state index in [0.717, 1.165) is 48.4 Å². The van der Waals surface area contributed by atoms with Gasteiger partial charge in [-0.25, -0.2) is 4.90 Å². The Kier molecular flexibility index (Phi) is 6.56. The molecule has 0 unspecified atom stereocenters. The average molecular weight is 466 g/mol. The zero-order valence-corrected chi connectivity index (χ0v) is 19.9. The van der Waals surface area contributed by atoms with Crippen molar-refractivity contribution >= 4 is 40.7 Å². The summed E-state index contributed by atoms with van der Waals surface area (Å²) < 4.78 is 0. The fraction of sp³-hybridized carbons (Fsp3) is 0.346. The molecule has 0 aliphatic carbocycles. The summed E-state index contributed by atoms with van der Waals surface area (Å²) >= 11 is 6.29. The predicted octanol–water partition coefficient (Wildman–Crippen LogP) is 5.00. The number of benzene rings is 2. The number of piperidine rings is 1. The molecule has 0 atom stereocenters. The highest BCUT2D eigenvalue weighted by molar-refractivity contribution is 6.53. The first-order chi connectivity index (χ1) is 15.8. The highest BCUT2D eigenvalue weighted by Gasteiger charge is 2.39. The van der Waals surface area contributed by atoms with Crippen molar-refractivity contribution in [3.05, 3.63) is 69.9 Å². The van der Waals surface area contributed by atoms with Crippen molar-refractivity contribution in [3.63, 3.8) is 0 Å². The monoisotopic (exact) mass is 465 g/mol. The Morgan fingerprint density at radius 2 is 1.79 bits per heavy atom. The van der Waals surface area contributed by atoms with E-state index < -0.39 is 11.8 Å². The van der Waals surface area contributed by atoms with E-state index in [1.165, 1.54) is 0 Å². The molecular weight excluding hydrogens is 438 g/mol. The topological polar surface area (TPSA) is 69.7 Å². The number of aryl methyl sites for hydroxylation is 2. The van der Waals surface area contributed by atoms with Crippen LogP contribution in [-0.2, 0) is 9.59 Å². The van der Waals surface area contributed by atoms with Crippen LogP contribution in [-0.4, -0.2) is 35.7 Å². The minimum Gasteiger partial charge on any atom is -0.350 e. The number of likely N-dealkylation sites (tertiary alicyclic amines) is 1. The van der Waals surface area contributed by atoms with Gasteiger partial charge in [0, 0.05) is 24.3 Å². The molecule has 2 aromatic rings. The molecule has 0 aromatic heterocycles. The van der Waals surface area contributed by atoms with E-state index in [1.807, 2.05) is 30.9 Å². The smallest absolute Gasteiger partial charge is 0.283 e. The van der Waals surface area contributed by atoms with Crippen molar-refractivity contribution in [2.45, 2.75) is 40.0 Å². The molecule has 0 saturated carbocycles. The van der Waals surface area contributed by atoms with Crippen LogP contribution < -0.4 is 10.2 Å². The first-order valence-corrected chi connectivity index (χ1v) is 11.7. The van der Waals surface area contributed by atoms with Crippen molar-refractivity contribution in [3.8, 4) is 0 Å². The van der Waals surface area contributed by atoms with Gasteiger partial charge in [-0.1, -0.05) is 43.1 Å². The number of halogens is 1. The van der Waals surface area contributed by atoms with Gasteiger partial charge in [0.25, 0.3) is 17.7 Å². The molecule has 7 heteroatoms. The highest BCUT2D eigenvalue weighted by atomic mass is 35.5. The largest absolute Gasteiger partial charge is 0.350 e. The standard InChI is InChI=1S/C26H28ClN3O3/c1-4-18-10-12-29(13-11-18)24(31)19-6-5-7-20(15-19)28-23-22(27)25(32)30(26(23)33)21-14-16(2)8-9-17(21)3/h5-9,14-15,18,28H,4,10-13H2,1-3H3. The predicted molar refractivity (Wildman–Crippen MR) is 130 cm³/mol. The van der Waals surface area contributed by atoms with E-state index in [-0.39, 0.29) is 16.6 Å². The molecule has 1 fully saturated rings. The van der Waals surface area contributed by atoms with Crippen molar-refractivity contribution in [1.29, 1.82) is 0 Å². The molecule has 1 saturated heterocycles. The van der Waals surface area contributed by atoms with E-state index >= 15 is 0 Å². The summed E-state index contributed by atoms with van der Waals surface area (Å²) in [7, 11) is 0. The lowest BCUT2D eigenvalue weighted by molar-refractivity contribution is -0.120. The van der Waals surface area contributed by atoms with Crippen molar-refractivity contribution in [1.82, 2.24) is 4.90 Å². The number of amides is 3. The van der Waals surface area contributed by atoms with E-state index in [1.54, 1.807) is 30.3 Å². The molecule has 2 heterocycles. The number of rotatable bonds is 5. The lowest BCUT2D eigenvalue weighted by Gasteiger charge is -2.31. The third-order valence-electron chi connectivity index (χ3n) is 6.49. The van der Waals surface area contributed by atoms with Crippen LogP contribution in [0.5, 0.6) is 0 Å². The van der Waals surface area contributed by atoms with Crippen molar-refractivity contribution < 1.29 is 14.4 Å². The second-order valence-corrected chi connectivity index (χ2v) is 9.15. The molecule has 172 valence electrons. The van der Waals surface area contributed by atoms with Gasteiger partial charge in [-0.15, -0.1) is 0 Å². The Morgan fingerprint density at radius 3 is 2.48 bits per heavy atom. The molecule has 0 radical (unpaired) electrons. The maximum Gasteiger partial charge on any atom is 0.283 e. The van der Waals surface area contributed by atoms with E-state index in [0.29, 0.717) is 22.9 Å². The molecule has 2 aliphatic rings. The second kappa shape index (κ2) is 9.40. The zero-order chi connectivity index (χ0) is 23.7. The maximum absolute atomic E-state index is 13.1. The Hall–Kier alpha value is -3.12. The van der Waals surface area contributed by atoms with Crippen LogP contribution in [0.1, 0.15) is 47.7 Å². The Balaban J connectivity index is 1.53. The lowest BCUT2D eigenvalue weighted by Crippen LogP contribution is -2.38. The van der Waals surface area contributed by atoms with Crippen LogP contribution in [0, 0.1) is 19.8 Å². The minimum absolute atomic E-state index is 0.0101. The summed E-state index contributed by atoms with van der Waals surface area (Å²) in [6.07, 6.45) is 3.18. The summed E-state index contributed by atoms with van der Waals surface area (Å²) in [6.45, 7) is 7.43. The van der Waals surface area contributed by atoms with Gasteiger partial charge < -0.3 is 10.2 Å².